The van der Waals surface area contributed by atoms with Gasteiger partial charge in [-0.1, -0.05) is 12.1 Å². The Hall–Kier alpha value is -1.55. The molecule has 1 atom stereocenters. The minimum Gasteiger partial charge on any atom is -0.482 e. The van der Waals surface area contributed by atoms with E-state index < -0.39 is 0 Å². The molecule has 0 amide bonds. The SMILES string of the molecule is CCOC(=O)COc1cccc2c1CCC2N. The minimum absolute atomic E-state index is 0.0421. The van der Waals surface area contributed by atoms with E-state index in [0.717, 1.165) is 29.7 Å². The van der Waals surface area contributed by atoms with Gasteiger partial charge in [0.25, 0.3) is 0 Å². The first-order valence-corrected chi connectivity index (χ1v) is 5.88. The van der Waals surface area contributed by atoms with Crippen LogP contribution in [-0.4, -0.2) is 19.2 Å². The fourth-order valence-corrected chi connectivity index (χ4v) is 2.13. The van der Waals surface area contributed by atoms with Crippen molar-refractivity contribution >= 4 is 5.97 Å². The van der Waals surface area contributed by atoms with E-state index in [1.54, 1.807) is 6.92 Å². The zero-order valence-corrected chi connectivity index (χ0v) is 9.94. The zero-order valence-electron chi connectivity index (χ0n) is 9.94. The number of benzene rings is 1. The number of fused-ring (bicyclic) bond motifs is 1. The Morgan fingerprint density at radius 1 is 1.53 bits per heavy atom. The molecule has 0 saturated carbocycles. The summed E-state index contributed by atoms with van der Waals surface area (Å²) in [6.45, 7) is 2.11. The molecule has 0 spiro atoms. The van der Waals surface area contributed by atoms with Crippen LogP contribution in [0.1, 0.15) is 30.5 Å². The van der Waals surface area contributed by atoms with Crippen molar-refractivity contribution in [1.29, 1.82) is 0 Å². The molecule has 92 valence electrons. The highest BCUT2D eigenvalue weighted by atomic mass is 16.6. The van der Waals surface area contributed by atoms with Crippen LogP contribution in [0.25, 0.3) is 0 Å². The minimum atomic E-state index is -0.340. The van der Waals surface area contributed by atoms with Crippen LogP contribution in [-0.2, 0) is 16.0 Å². The molecule has 2 rings (SSSR count). The summed E-state index contributed by atoms with van der Waals surface area (Å²) < 4.78 is 10.3. The van der Waals surface area contributed by atoms with Gasteiger partial charge in [0.15, 0.2) is 6.61 Å². The summed E-state index contributed by atoms with van der Waals surface area (Å²) in [5.41, 5.74) is 8.23. The van der Waals surface area contributed by atoms with E-state index in [4.69, 9.17) is 15.2 Å². The number of esters is 1. The number of hydrogen-bond acceptors (Lipinski definition) is 4. The monoisotopic (exact) mass is 235 g/mol. The Kier molecular flexibility index (Phi) is 3.64. The van der Waals surface area contributed by atoms with Crippen molar-refractivity contribution in [2.75, 3.05) is 13.2 Å². The fourth-order valence-electron chi connectivity index (χ4n) is 2.13. The maximum absolute atomic E-state index is 11.2. The second-order valence-electron chi connectivity index (χ2n) is 4.06. The van der Waals surface area contributed by atoms with Crippen molar-refractivity contribution in [3.8, 4) is 5.75 Å². The maximum atomic E-state index is 11.2. The van der Waals surface area contributed by atoms with Crippen LogP contribution < -0.4 is 10.5 Å². The lowest BCUT2D eigenvalue weighted by molar-refractivity contribution is -0.145. The predicted molar refractivity (Wildman–Crippen MR) is 63.8 cm³/mol. The van der Waals surface area contributed by atoms with Crippen LogP contribution in [0.5, 0.6) is 5.75 Å². The van der Waals surface area contributed by atoms with Crippen LogP contribution in [0.4, 0.5) is 0 Å². The van der Waals surface area contributed by atoms with Crippen molar-refractivity contribution in [1.82, 2.24) is 0 Å². The van der Waals surface area contributed by atoms with Crippen molar-refractivity contribution in [2.45, 2.75) is 25.8 Å². The molecular weight excluding hydrogens is 218 g/mol. The average Bonchev–Trinajstić information content (AvgIpc) is 2.70. The topological polar surface area (TPSA) is 61.5 Å². The summed E-state index contributed by atoms with van der Waals surface area (Å²) in [7, 11) is 0. The van der Waals surface area contributed by atoms with Gasteiger partial charge in [0, 0.05) is 6.04 Å². The van der Waals surface area contributed by atoms with Gasteiger partial charge in [-0.05, 0) is 37.0 Å². The van der Waals surface area contributed by atoms with E-state index in [-0.39, 0.29) is 18.6 Å². The summed E-state index contributed by atoms with van der Waals surface area (Å²) >= 11 is 0. The number of ether oxygens (including phenoxy) is 2. The van der Waals surface area contributed by atoms with E-state index in [1.165, 1.54) is 0 Å². The standard InChI is InChI=1S/C13H17NO3/c1-2-16-13(15)8-17-12-5-3-4-9-10(12)6-7-11(9)14/h3-5,11H,2,6-8,14H2,1H3. The number of rotatable bonds is 4. The first-order valence-electron chi connectivity index (χ1n) is 5.88. The Morgan fingerprint density at radius 2 is 2.35 bits per heavy atom. The Morgan fingerprint density at radius 3 is 3.12 bits per heavy atom. The summed E-state index contributed by atoms with van der Waals surface area (Å²) in [4.78, 5) is 11.2. The Labute approximate surface area is 101 Å². The number of hydrogen-bond donors (Lipinski definition) is 1. The van der Waals surface area contributed by atoms with Gasteiger partial charge in [-0.2, -0.15) is 0 Å². The molecule has 0 bridgehead atoms. The molecule has 1 aromatic rings. The lowest BCUT2D eigenvalue weighted by atomic mass is 10.1. The summed E-state index contributed by atoms with van der Waals surface area (Å²) in [6.07, 6.45) is 1.85. The highest BCUT2D eigenvalue weighted by Gasteiger charge is 2.22. The molecule has 1 aromatic carbocycles. The lowest BCUT2D eigenvalue weighted by Crippen LogP contribution is -2.15. The van der Waals surface area contributed by atoms with Crippen molar-refractivity contribution < 1.29 is 14.3 Å². The number of carbonyl (C=O) groups is 1. The first-order chi connectivity index (χ1) is 8.22. The molecular formula is C13H17NO3. The second-order valence-corrected chi connectivity index (χ2v) is 4.06. The highest BCUT2D eigenvalue weighted by Crippen LogP contribution is 2.35. The third kappa shape index (κ3) is 2.58. The molecule has 1 unspecified atom stereocenters. The largest absolute Gasteiger partial charge is 0.482 e. The normalized spacial score (nSPS) is 17.6. The third-order valence-electron chi connectivity index (χ3n) is 2.92. The van der Waals surface area contributed by atoms with E-state index >= 15 is 0 Å². The van der Waals surface area contributed by atoms with E-state index in [2.05, 4.69) is 0 Å². The lowest BCUT2D eigenvalue weighted by Gasteiger charge is -2.10. The van der Waals surface area contributed by atoms with Gasteiger partial charge in [-0.3, -0.25) is 0 Å². The molecule has 1 aliphatic carbocycles. The van der Waals surface area contributed by atoms with Gasteiger partial charge in [0.2, 0.25) is 0 Å². The number of carbonyl (C=O) groups excluding carboxylic acids is 1. The molecule has 0 aliphatic heterocycles. The van der Waals surface area contributed by atoms with Crippen molar-refractivity contribution in [3.63, 3.8) is 0 Å². The smallest absolute Gasteiger partial charge is 0.344 e. The van der Waals surface area contributed by atoms with Crippen LogP contribution in [0.2, 0.25) is 0 Å². The summed E-state index contributed by atoms with van der Waals surface area (Å²) in [6, 6.07) is 5.89. The third-order valence-corrected chi connectivity index (χ3v) is 2.92. The number of nitrogens with two attached hydrogens (primary N) is 1. The van der Waals surface area contributed by atoms with Gasteiger partial charge < -0.3 is 15.2 Å². The zero-order chi connectivity index (χ0) is 12.3. The molecule has 4 heteroatoms. The van der Waals surface area contributed by atoms with Crippen molar-refractivity contribution in [2.24, 2.45) is 5.73 Å². The van der Waals surface area contributed by atoms with Crippen LogP contribution in [0, 0.1) is 0 Å². The van der Waals surface area contributed by atoms with Crippen LogP contribution >= 0.6 is 0 Å². The Bertz CT molecular complexity index is 417. The fraction of sp³-hybridized carbons (Fsp3) is 0.462. The van der Waals surface area contributed by atoms with E-state index in [1.807, 2.05) is 18.2 Å². The summed E-state index contributed by atoms with van der Waals surface area (Å²) in [5, 5.41) is 0. The average molecular weight is 235 g/mol. The molecule has 17 heavy (non-hydrogen) atoms. The van der Waals surface area contributed by atoms with Gasteiger partial charge in [0.05, 0.1) is 6.61 Å². The first kappa shape index (κ1) is 11.9. The molecule has 0 radical (unpaired) electrons. The maximum Gasteiger partial charge on any atom is 0.344 e. The van der Waals surface area contributed by atoms with Crippen LogP contribution in [0.15, 0.2) is 18.2 Å². The van der Waals surface area contributed by atoms with Gasteiger partial charge >= 0.3 is 5.97 Å². The molecule has 4 nitrogen and oxygen atoms in total. The van der Waals surface area contributed by atoms with Gasteiger partial charge in [0.1, 0.15) is 5.75 Å². The molecule has 0 saturated heterocycles. The molecule has 0 heterocycles. The van der Waals surface area contributed by atoms with Crippen LogP contribution in [0.3, 0.4) is 0 Å². The second kappa shape index (κ2) is 5.19. The molecule has 2 N–H and O–H groups in total. The predicted octanol–water partition coefficient (Wildman–Crippen LogP) is 1.57. The van der Waals surface area contributed by atoms with Gasteiger partial charge in [-0.15, -0.1) is 0 Å². The highest BCUT2D eigenvalue weighted by molar-refractivity contribution is 5.71. The Balaban J connectivity index is 2.05. The van der Waals surface area contributed by atoms with Crippen molar-refractivity contribution in [3.05, 3.63) is 29.3 Å². The quantitative estimate of drug-likeness (QED) is 0.805. The van der Waals surface area contributed by atoms with E-state index in [9.17, 15) is 4.79 Å². The molecule has 0 aromatic heterocycles. The van der Waals surface area contributed by atoms with E-state index in [0.29, 0.717) is 6.61 Å². The molecule has 1 aliphatic rings. The summed E-state index contributed by atoms with van der Waals surface area (Å²) in [5.74, 6) is 0.413. The van der Waals surface area contributed by atoms with Gasteiger partial charge in [-0.25, -0.2) is 4.79 Å². The molecule has 0 fully saturated rings.